The summed E-state index contributed by atoms with van der Waals surface area (Å²) in [5.41, 5.74) is 3.08. The van der Waals surface area contributed by atoms with Gasteiger partial charge in [-0.3, -0.25) is 4.68 Å². The van der Waals surface area contributed by atoms with Gasteiger partial charge in [-0.2, -0.15) is 5.10 Å². The zero-order chi connectivity index (χ0) is 13.1. The highest BCUT2D eigenvalue weighted by molar-refractivity contribution is 5.23. The molecule has 1 aliphatic heterocycles. The Hall–Kier alpha value is -0.830. The first kappa shape index (κ1) is 13.2. The Kier molecular flexibility index (Phi) is 4.21. The van der Waals surface area contributed by atoms with Crippen molar-refractivity contribution >= 4 is 0 Å². The molecular weight excluding hydrogens is 234 g/mol. The van der Waals surface area contributed by atoms with Crippen molar-refractivity contribution in [3.8, 4) is 0 Å². The number of hydrogen-bond acceptors (Lipinski definition) is 2. The maximum absolute atomic E-state index is 4.55. The van der Waals surface area contributed by atoms with Crippen molar-refractivity contribution < 1.29 is 0 Å². The van der Waals surface area contributed by atoms with Crippen molar-refractivity contribution in [3.05, 3.63) is 17.5 Å². The highest BCUT2D eigenvalue weighted by Gasteiger charge is 2.23. The van der Waals surface area contributed by atoms with E-state index in [1.807, 2.05) is 0 Å². The van der Waals surface area contributed by atoms with Gasteiger partial charge >= 0.3 is 0 Å². The summed E-state index contributed by atoms with van der Waals surface area (Å²) in [6, 6.07) is 0. The van der Waals surface area contributed by atoms with Crippen LogP contribution in [0.15, 0.2) is 6.20 Å². The molecule has 3 rings (SSSR count). The van der Waals surface area contributed by atoms with Crippen LogP contribution in [0.4, 0.5) is 0 Å². The average molecular weight is 261 g/mol. The molecule has 106 valence electrons. The molecule has 0 amide bonds. The van der Waals surface area contributed by atoms with Crippen LogP contribution in [0.1, 0.15) is 62.1 Å². The van der Waals surface area contributed by atoms with Crippen LogP contribution in [0.3, 0.4) is 0 Å². The Bertz CT molecular complexity index is 398. The molecule has 1 aromatic rings. The summed E-state index contributed by atoms with van der Waals surface area (Å²) in [5.74, 6) is 1.60. The highest BCUT2D eigenvalue weighted by Crippen LogP contribution is 2.35. The van der Waals surface area contributed by atoms with E-state index in [4.69, 9.17) is 0 Å². The number of rotatable bonds is 3. The third-order valence-corrected chi connectivity index (χ3v) is 5.02. The van der Waals surface area contributed by atoms with Crippen molar-refractivity contribution in [2.75, 3.05) is 13.1 Å². The van der Waals surface area contributed by atoms with E-state index in [0.717, 1.165) is 11.8 Å². The normalized spacial score (nSPS) is 25.6. The Morgan fingerprint density at radius 1 is 1.21 bits per heavy atom. The van der Waals surface area contributed by atoms with Gasteiger partial charge < -0.3 is 5.32 Å². The Balaban J connectivity index is 1.73. The van der Waals surface area contributed by atoms with Crippen molar-refractivity contribution in [3.63, 3.8) is 0 Å². The zero-order valence-electron chi connectivity index (χ0n) is 12.2. The lowest BCUT2D eigenvalue weighted by atomic mass is 9.82. The van der Waals surface area contributed by atoms with Crippen LogP contribution < -0.4 is 5.32 Å². The molecule has 3 nitrogen and oxygen atoms in total. The minimum atomic E-state index is 0.786. The van der Waals surface area contributed by atoms with Gasteiger partial charge in [0, 0.05) is 12.7 Å². The summed E-state index contributed by atoms with van der Waals surface area (Å²) in [6.07, 6.45) is 13.1. The summed E-state index contributed by atoms with van der Waals surface area (Å²) in [5, 5.41) is 8.09. The first-order valence-corrected chi connectivity index (χ1v) is 8.06. The average Bonchev–Trinajstić information content (AvgIpc) is 2.82. The predicted octanol–water partition coefficient (Wildman–Crippen LogP) is 3.01. The Morgan fingerprint density at radius 2 is 2.05 bits per heavy atom. The SMILES string of the molecule is Cn1ncc(C2CCCCC2)c1CC1CCCNC1. The van der Waals surface area contributed by atoms with E-state index in [0.29, 0.717) is 0 Å². The molecule has 0 spiro atoms. The van der Waals surface area contributed by atoms with Crippen molar-refractivity contribution in [1.29, 1.82) is 0 Å². The molecule has 0 bridgehead atoms. The van der Waals surface area contributed by atoms with Crippen LogP contribution in [0.2, 0.25) is 0 Å². The fraction of sp³-hybridized carbons (Fsp3) is 0.812. The van der Waals surface area contributed by atoms with E-state index in [1.165, 1.54) is 70.2 Å². The quantitative estimate of drug-likeness (QED) is 0.906. The maximum Gasteiger partial charge on any atom is 0.0527 e. The van der Waals surface area contributed by atoms with Crippen LogP contribution in [-0.2, 0) is 13.5 Å². The molecule has 1 aromatic heterocycles. The summed E-state index contributed by atoms with van der Waals surface area (Å²) in [6.45, 7) is 2.40. The van der Waals surface area contributed by atoms with Crippen molar-refractivity contribution in [2.24, 2.45) is 13.0 Å². The molecule has 1 aliphatic carbocycles. The molecule has 1 unspecified atom stereocenters. The van der Waals surface area contributed by atoms with Gasteiger partial charge in [-0.1, -0.05) is 19.3 Å². The van der Waals surface area contributed by atoms with Gasteiger partial charge in [0.2, 0.25) is 0 Å². The molecule has 1 N–H and O–H groups in total. The van der Waals surface area contributed by atoms with E-state index in [1.54, 1.807) is 5.56 Å². The van der Waals surface area contributed by atoms with Crippen LogP contribution in [0.25, 0.3) is 0 Å². The molecule has 0 radical (unpaired) electrons. The summed E-state index contributed by atoms with van der Waals surface area (Å²) in [4.78, 5) is 0. The number of piperidine rings is 1. The second-order valence-corrected chi connectivity index (χ2v) is 6.42. The Morgan fingerprint density at radius 3 is 2.79 bits per heavy atom. The number of aromatic nitrogens is 2. The molecular formula is C16H27N3. The van der Waals surface area contributed by atoms with Crippen molar-refractivity contribution in [2.45, 2.75) is 57.3 Å². The molecule has 2 heterocycles. The minimum absolute atomic E-state index is 0.786. The molecule has 2 fully saturated rings. The fourth-order valence-corrected chi connectivity index (χ4v) is 3.86. The van der Waals surface area contributed by atoms with E-state index >= 15 is 0 Å². The van der Waals surface area contributed by atoms with Gasteiger partial charge in [-0.15, -0.1) is 0 Å². The van der Waals surface area contributed by atoms with E-state index < -0.39 is 0 Å². The third-order valence-electron chi connectivity index (χ3n) is 5.02. The summed E-state index contributed by atoms with van der Waals surface area (Å²) in [7, 11) is 2.12. The highest BCUT2D eigenvalue weighted by atomic mass is 15.3. The van der Waals surface area contributed by atoms with Gasteiger partial charge in [0.15, 0.2) is 0 Å². The largest absolute Gasteiger partial charge is 0.316 e. The van der Waals surface area contributed by atoms with Crippen molar-refractivity contribution in [1.82, 2.24) is 15.1 Å². The minimum Gasteiger partial charge on any atom is -0.316 e. The van der Waals surface area contributed by atoms with Crippen LogP contribution in [-0.4, -0.2) is 22.9 Å². The van der Waals surface area contributed by atoms with Crippen LogP contribution in [0, 0.1) is 5.92 Å². The number of nitrogens with one attached hydrogen (secondary N) is 1. The lowest BCUT2D eigenvalue weighted by molar-refractivity contribution is 0.366. The maximum atomic E-state index is 4.55. The second-order valence-electron chi connectivity index (χ2n) is 6.42. The predicted molar refractivity (Wildman–Crippen MR) is 78.3 cm³/mol. The Labute approximate surface area is 116 Å². The molecule has 3 heteroatoms. The molecule has 1 saturated heterocycles. The number of hydrogen-bond donors (Lipinski definition) is 1. The molecule has 19 heavy (non-hydrogen) atoms. The molecule has 0 aromatic carbocycles. The lowest BCUT2D eigenvalue weighted by Crippen LogP contribution is -2.31. The molecule has 1 atom stereocenters. The standard InChI is InChI=1S/C16H27N3/c1-19-16(10-13-6-5-9-17-11-13)15(12-18-19)14-7-3-2-4-8-14/h12-14,17H,2-11H2,1H3. The topological polar surface area (TPSA) is 29.9 Å². The first-order chi connectivity index (χ1) is 9.34. The van der Waals surface area contributed by atoms with E-state index in [-0.39, 0.29) is 0 Å². The lowest BCUT2D eigenvalue weighted by Gasteiger charge is -2.26. The van der Waals surface area contributed by atoms with Gasteiger partial charge in [0.05, 0.1) is 6.20 Å². The number of nitrogens with zero attached hydrogens (tertiary/aromatic N) is 2. The van der Waals surface area contributed by atoms with Gasteiger partial charge in [0.25, 0.3) is 0 Å². The zero-order valence-corrected chi connectivity index (χ0v) is 12.2. The van der Waals surface area contributed by atoms with E-state index in [2.05, 4.69) is 28.3 Å². The van der Waals surface area contributed by atoms with Crippen LogP contribution >= 0.6 is 0 Å². The monoisotopic (exact) mass is 261 g/mol. The van der Waals surface area contributed by atoms with E-state index in [9.17, 15) is 0 Å². The summed E-state index contributed by atoms with van der Waals surface area (Å²) >= 11 is 0. The number of aryl methyl sites for hydroxylation is 1. The van der Waals surface area contributed by atoms with Crippen LogP contribution in [0.5, 0.6) is 0 Å². The fourth-order valence-electron chi connectivity index (χ4n) is 3.86. The summed E-state index contributed by atoms with van der Waals surface area (Å²) < 4.78 is 2.14. The first-order valence-electron chi connectivity index (χ1n) is 8.06. The van der Waals surface area contributed by atoms with Gasteiger partial charge in [-0.25, -0.2) is 0 Å². The smallest absolute Gasteiger partial charge is 0.0527 e. The van der Waals surface area contributed by atoms with Gasteiger partial charge in [0.1, 0.15) is 0 Å². The second kappa shape index (κ2) is 6.08. The molecule has 2 aliphatic rings. The van der Waals surface area contributed by atoms with Gasteiger partial charge in [-0.05, 0) is 62.6 Å². The third kappa shape index (κ3) is 3.02. The molecule has 1 saturated carbocycles.